The number of fused-ring (bicyclic) bond motifs is 1. The lowest BCUT2D eigenvalue weighted by atomic mass is 9.89. The Labute approximate surface area is 179 Å². The van der Waals surface area contributed by atoms with Crippen LogP contribution in [-0.2, 0) is 13.0 Å². The molecule has 2 fully saturated rings. The summed E-state index contributed by atoms with van der Waals surface area (Å²) in [6, 6.07) is 8.38. The molecule has 2 aliphatic heterocycles. The first-order chi connectivity index (χ1) is 14.4. The summed E-state index contributed by atoms with van der Waals surface area (Å²) in [4.78, 5) is 27.3. The van der Waals surface area contributed by atoms with Gasteiger partial charge in [0.1, 0.15) is 11.6 Å². The lowest BCUT2D eigenvalue weighted by molar-refractivity contribution is 0.151. The number of likely N-dealkylation sites (tertiary alicyclic amines) is 2. The largest absolute Gasteiger partial charge is 0.497 e. The summed E-state index contributed by atoms with van der Waals surface area (Å²) in [6.45, 7) is 7.88. The molecule has 2 saturated heterocycles. The Balaban J connectivity index is 1.56. The molecule has 2 aromatic rings. The molecule has 1 aromatic carbocycles. The molecule has 0 bridgehead atoms. The number of hydrogen-bond acceptors (Lipinski definition) is 4. The Morgan fingerprint density at radius 2 is 1.97 bits per heavy atom. The number of urea groups is 1. The van der Waals surface area contributed by atoms with E-state index in [1.165, 1.54) is 11.3 Å². The third-order valence-corrected chi connectivity index (χ3v) is 6.57. The maximum atomic E-state index is 12.9. The molecule has 0 radical (unpaired) electrons. The first kappa shape index (κ1) is 20.7. The van der Waals surface area contributed by atoms with Crippen LogP contribution in [0.5, 0.6) is 5.75 Å². The van der Waals surface area contributed by atoms with Crippen LogP contribution >= 0.6 is 0 Å². The van der Waals surface area contributed by atoms with Crippen molar-refractivity contribution >= 4 is 6.03 Å². The summed E-state index contributed by atoms with van der Waals surface area (Å²) in [5.41, 5.74) is 3.50. The maximum absolute atomic E-state index is 12.9. The fourth-order valence-corrected chi connectivity index (χ4v) is 5.04. The van der Waals surface area contributed by atoms with Crippen LogP contribution in [0.15, 0.2) is 24.3 Å². The number of imidazole rings is 1. The Bertz CT molecular complexity index is 891. The van der Waals surface area contributed by atoms with E-state index in [-0.39, 0.29) is 12.1 Å². The third kappa shape index (κ3) is 3.78. The van der Waals surface area contributed by atoms with Gasteiger partial charge in [-0.2, -0.15) is 0 Å². The third-order valence-electron chi connectivity index (χ3n) is 6.57. The highest BCUT2D eigenvalue weighted by Gasteiger charge is 2.49. The van der Waals surface area contributed by atoms with Gasteiger partial charge in [0.25, 0.3) is 0 Å². The predicted molar refractivity (Wildman–Crippen MR) is 116 cm³/mol. The van der Waals surface area contributed by atoms with Crippen LogP contribution in [0.4, 0.5) is 4.79 Å². The molecule has 30 heavy (non-hydrogen) atoms. The van der Waals surface area contributed by atoms with Crippen molar-refractivity contribution < 1.29 is 9.53 Å². The molecular formula is C23H33N5O2. The summed E-state index contributed by atoms with van der Waals surface area (Å²) >= 11 is 0. The number of aryl methyl sites for hydroxylation is 2. The van der Waals surface area contributed by atoms with E-state index in [1.807, 2.05) is 26.2 Å². The van der Waals surface area contributed by atoms with Gasteiger partial charge in [-0.15, -0.1) is 0 Å². The van der Waals surface area contributed by atoms with Crippen molar-refractivity contribution in [2.24, 2.45) is 11.8 Å². The fourth-order valence-electron chi connectivity index (χ4n) is 5.04. The van der Waals surface area contributed by atoms with E-state index in [1.54, 1.807) is 12.0 Å². The SMILES string of the molecule is CCc1nc(CN2C[C@@H]3CN(C(=O)N(C)C)[C@@H](c4ccc(OC)cc4)[C@@H]3C2)c(C)[nH]1. The number of aromatic nitrogens is 2. The molecule has 0 unspecified atom stereocenters. The van der Waals surface area contributed by atoms with Crippen molar-refractivity contribution in [2.75, 3.05) is 40.8 Å². The van der Waals surface area contributed by atoms with Crippen LogP contribution in [-0.4, -0.2) is 71.5 Å². The molecule has 0 spiro atoms. The zero-order chi connectivity index (χ0) is 21.4. The van der Waals surface area contributed by atoms with Gasteiger partial charge in [0.2, 0.25) is 0 Å². The zero-order valence-corrected chi connectivity index (χ0v) is 18.7. The monoisotopic (exact) mass is 411 g/mol. The van der Waals surface area contributed by atoms with Gasteiger partial charge in [-0.1, -0.05) is 19.1 Å². The molecule has 0 saturated carbocycles. The average molecular weight is 412 g/mol. The van der Waals surface area contributed by atoms with E-state index in [0.717, 1.165) is 49.9 Å². The number of hydrogen-bond donors (Lipinski definition) is 1. The van der Waals surface area contributed by atoms with E-state index >= 15 is 0 Å². The zero-order valence-electron chi connectivity index (χ0n) is 18.7. The van der Waals surface area contributed by atoms with Crippen LogP contribution in [0.2, 0.25) is 0 Å². The van der Waals surface area contributed by atoms with Gasteiger partial charge in [0.05, 0.1) is 18.8 Å². The minimum atomic E-state index is 0.0901. The normalized spacial score (nSPS) is 23.6. The molecule has 0 aliphatic carbocycles. The van der Waals surface area contributed by atoms with Gasteiger partial charge in [-0.25, -0.2) is 9.78 Å². The molecule has 7 heteroatoms. The minimum Gasteiger partial charge on any atom is -0.497 e. The smallest absolute Gasteiger partial charge is 0.320 e. The lowest BCUT2D eigenvalue weighted by Gasteiger charge is -2.32. The number of carbonyl (C=O) groups excluding carboxylic acids is 1. The molecule has 2 aliphatic rings. The number of H-pyrrole nitrogens is 1. The molecule has 4 rings (SSSR count). The van der Waals surface area contributed by atoms with Crippen LogP contribution in [0.1, 0.15) is 35.7 Å². The Morgan fingerprint density at radius 3 is 2.57 bits per heavy atom. The number of ether oxygens (including phenoxy) is 1. The van der Waals surface area contributed by atoms with E-state index < -0.39 is 0 Å². The van der Waals surface area contributed by atoms with Crippen LogP contribution < -0.4 is 4.74 Å². The summed E-state index contributed by atoms with van der Waals surface area (Å²) in [5.74, 6) is 2.80. The highest BCUT2D eigenvalue weighted by molar-refractivity contribution is 5.75. The van der Waals surface area contributed by atoms with Crippen molar-refractivity contribution in [1.82, 2.24) is 24.7 Å². The van der Waals surface area contributed by atoms with Crippen LogP contribution in [0, 0.1) is 18.8 Å². The Kier molecular flexibility index (Phi) is 5.73. The second-order valence-electron chi connectivity index (χ2n) is 8.77. The van der Waals surface area contributed by atoms with Gasteiger partial charge < -0.3 is 19.5 Å². The van der Waals surface area contributed by atoms with Gasteiger partial charge in [-0.05, 0) is 30.5 Å². The number of rotatable bonds is 5. The summed E-state index contributed by atoms with van der Waals surface area (Å²) in [5, 5.41) is 0. The number of methoxy groups -OCH3 is 1. The number of carbonyl (C=O) groups is 1. The van der Waals surface area contributed by atoms with Crippen molar-refractivity contribution in [2.45, 2.75) is 32.9 Å². The minimum absolute atomic E-state index is 0.0901. The highest BCUT2D eigenvalue weighted by atomic mass is 16.5. The van der Waals surface area contributed by atoms with E-state index in [4.69, 9.17) is 9.72 Å². The fraction of sp³-hybridized carbons (Fsp3) is 0.565. The van der Waals surface area contributed by atoms with Gasteiger partial charge in [0, 0.05) is 58.3 Å². The maximum Gasteiger partial charge on any atom is 0.320 e. The van der Waals surface area contributed by atoms with Crippen molar-refractivity contribution in [3.05, 3.63) is 47.0 Å². The van der Waals surface area contributed by atoms with Gasteiger partial charge in [0.15, 0.2) is 0 Å². The van der Waals surface area contributed by atoms with E-state index in [2.05, 4.69) is 40.8 Å². The number of aromatic amines is 1. The first-order valence-electron chi connectivity index (χ1n) is 10.8. The van der Waals surface area contributed by atoms with Gasteiger partial charge >= 0.3 is 6.03 Å². The lowest BCUT2D eigenvalue weighted by Crippen LogP contribution is -2.41. The van der Waals surface area contributed by atoms with Crippen molar-refractivity contribution in [3.8, 4) is 5.75 Å². The second-order valence-corrected chi connectivity index (χ2v) is 8.77. The molecule has 1 aromatic heterocycles. The predicted octanol–water partition coefficient (Wildman–Crippen LogP) is 3.08. The Hall–Kier alpha value is -2.54. The quantitative estimate of drug-likeness (QED) is 0.821. The first-order valence-corrected chi connectivity index (χ1v) is 10.8. The molecule has 1 N–H and O–H groups in total. The highest BCUT2D eigenvalue weighted by Crippen LogP contribution is 2.45. The number of nitrogens with one attached hydrogen (secondary N) is 1. The van der Waals surface area contributed by atoms with Crippen LogP contribution in [0.25, 0.3) is 0 Å². The number of amides is 2. The standard InChI is InChI=1S/C23H33N5O2/c1-6-21-24-15(2)20(25-21)14-27-11-17-12-28(23(29)26(3)4)22(19(17)13-27)16-7-9-18(30-5)10-8-16/h7-10,17,19,22H,6,11-14H2,1-5H3,(H,24,25)/t17-,19-,22+/m1/s1. The van der Waals surface area contributed by atoms with Crippen molar-refractivity contribution in [3.63, 3.8) is 0 Å². The van der Waals surface area contributed by atoms with Crippen LogP contribution in [0.3, 0.4) is 0 Å². The topological polar surface area (TPSA) is 64.7 Å². The van der Waals surface area contributed by atoms with E-state index in [9.17, 15) is 4.79 Å². The summed E-state index contributed by atoms with van der Waals surface area (Å²) in [7, 11) is 5.34. The Morgan fingerprint density at radius 1 is 1.23 bits per heavy atom. The van der Waals surface area contributed by atoms with Crippen molar-refractivity contribution in [1.29, 1.82) is 0 Å². The molecular weight excluding hydrogens is 378 g/mol. The average Bonchev–Trinajstić information content (AvgIpc) is 3.40. The molecule has 7 nitrogen and oxygen atoms in total. The number of benzene rings is 1. The number of nitrogens with zero attached hydrogens (tertiary/aromatic N) is 4. The van der Waals surface area contributed by atoms with Gasteiger partial charge in [-0.3, -0.25) is 4.90 Å². The molecule has 162 valence electrons. The molecule has 3 atom stereocenters. The summed E-state index contributed by atoms with van der Waals surface area (Å²) < 4.78 is 5.33. The second kappa shape index (κ2) is 8.30. The molecule has 3 heterocycles. The summed E-state index contributed by atoms with van der Waals surface area (Å²) in [6.07, 6.45) is 0.924. The molecule has 2 amide bonds. The van der Waals surface area contributed by atoms with E-state index in [0.29, 0.717) is 11.8 Å².